The quantitative estimate of drug-likeness (QED) is 0.594. The highest BCUT2D eigenvalue weighted by Crippen LogP contribution is 2.01. The Bertz CT molecular complexity index is 284. The van der Waals surface area contributed by atoms with Gasteiger partial charge >= 0.3 is 6.03 Å². The molecule has 13 heavy (non-hydrogen) atoms. The number of carbonyl (C=O) groups is 1. The van der Waals surface area contributed by atoms with Crippen LogP contribution in [0.15, 0.2) is 12.3 Å². The Hall–Kier alpha value is -1.56. The predicted molar refractivity (Wildman–Crippen MR) is 47.3 cm³/mol. The molecule has 0 saturated heterocycles. The molecule has 1 rings (SSSR count). The molecule has 6 nitrogen and oxygen atoms in total. The minimum atomic E-state index is -0.349. The van der Waals surface area contributed by atoms with E-state index in [-0.39, 0.29) is 19.2 Å². The molecule has 0 radical (unpaired) electrons. The molecule has 72 valence electrons. The van der Waals surface area contributed by atoms with Gasteiger partial charge in [0.2, 0.25) is 0 Å². The summed E-state index contributed by atoms with van der Waals surface area (Å²) < 4.78 is 1.54. The third-order valence-corrected chi connectivity index (χ3v) is 1.46. The maximum Gasteiger partial charge on any atom is 0.320 e. The average molecular weight is 184 g/mol. The number of anilines is 1. The van der Waals surface area contributed by atoms with Crippen molar-refractivity contribution in [3.8, 4) is 0 Å². The summed E-state index contributed by atoms with van der Waals surface area (Å²) in [6, 6.07) is 1.33. The zero-order chi connectivity index (χ0) is 9.68. The highest BCUT2D eigenvalue weighted by atomic mass is 16.3. The summed E-state index contributed by atoms with van der Waals surface area (Å²) >= 11 is 0. The van der Waals surface area contributed by atoms with E-state index in [2.05, 4.69) is 15.7 Å². The molecule has 0 saturated carbocycles. The SMILES string of the molecule is Cn1nccc1NC(=O)NCCO. The number of aliphatic hydroxyl groups is 1. The molecule has 0 fully saturated rings. The summed E-state index contributed by atoms with van der Waals surface area (Å²) in [6.45, 7) is 0.169. The first kappa shape index (κ1) is 9.53. The molecular formula is C7H12N4O2. The molecule has 0 atom stereocenters. The van der Waals surface area contributed by atoms with Gasteiger partial charge in [0.05, 0.1) is 12.8 Å². The molecule has 0 aromatic carbocycles. The fourth-order valence-electron chi connectivity index (χ4n) is 0.827. The molecule has 0 spiro atoms. The second-order valence-electron chi connectivity index (χ2n) is 2.44. The number of amides is 2. The van der Waals surface area contributed by atoms with Gasteiger partial charge in [-0.25, -0.2) is 4.79 Å². The maximum absolute atomic E-state index is 11.0. The third-order valence-electron chi connectivity index (χ3n) is 1.46. The number of urea groups is 1. The number of hydrogen-bond donors (Lipinski definition) is 3. The van der Waals surface area contributed by atoms with Crippen LogP contribution < -0.4 is 10.6 Å². The van der Waals surface area contributed by atoms with Gasteiger partial charge in [-0.2, -0.15) is 5.10 Å². The zero-order valence-electron chi connectivity index (χ0n) is 7.32. The molecule has 3 N–H and O–H groups in total. The fraction of sp³-hybridized carbons (Fsp3) is 0.429. The third kappa shape index (κ3) is 2.75. The molecule has 2 amide bonds. The van der Waals surface area contributed by atoms with E-state index in [4.69, 9.17) is 5.11 Å². The number of rotatable bonds is 3. The van der Waals surface area contributed by atoms with Crippen molar-refractivity contribution >= 4 is 11.8 Å². The van der Waals surface area contributed by atoms with Gasteiger partial charge in [0.15, 0.2) is 0 Å². The lowest BCUT2D eigenvalue weighted by Gasteiger charge is -2.05. The second kappa shape index (κ2) is 4.46. The van der Waals surface area contributed by atoms with Crippen molar-refractivity contribution < 1.29 is 9.90 Å². The summed E-state index contributed by atoms with van der Waals surface area (Å²) in [5.41, 5.74) is 0. The number of aromatic nitrogens is 2. The topological polar surface area (TPSA) is 79.2 Å². The van der Waals surface area contributed by atoms with Gasteiger partial charge in [-0.3, -0.25) is 10.00 Å². The first-order valence-corrected chi connectivity index (χ1v) is 3.87. The van der Waals surface area contributed by atoms with Gasteiger partial charge in [0.25, 0.3) is 0 Å². The Labute approximate surface area is 75.6 Å². The Morgan fingerprint density at radius 2 is 2.54 bits per heavy atom. The van der Waals surface area contributed by atoms with Crippen LogP contribution in [-0.4, -0.2) is 34.1 Å². The minimum Gasteiger partial charge on any atom is -0.395 e. The molecule has 0 aliphatic carbocycles. The molecule has 1 aromatic heterocycles. The summed E-state index contributed by atoms with van der Waals surface area (Å²) in [5.74, 6) is 0.607. The molecule has 1 aromatic rings. The average Bonchev–Trinajstić information content (AvgIpc) is 2.48. The van der Waals surface area contributed by atoms with Crippen LogP contribution in [0.1, 0.15) is 0 Å². The van der Waals surface area contributed by atoms with E-state index in [1.807, 2.05) is 0 Å². The predicted octanol–water partition coefficient (Wildman–Crippen LogP) is -0.466. The molecule has 0 aliphatic heterocycles. The van der Waals surface area contributed by atoms with Crippen LogP contribution >= 0.6 is 0 Å². The van der Waals surface area contributed by atoms with E-state index in [0.717, 1.165) is 0 Å². The molecule has 0 bridgehead atoms. The number of hydrogen-bond acceptors (Lipinski definition) is 3. The molecule has 6 heteroatoms. The van der Waals surface area contributed by atoms with Crippen LogP contribution in [0.4, 0.5) is 10.6 Å². The van der Waals surface area contributed by atoms with Crippen molar-refractivity contribution in [2.45, 2.75) is 0 Å². The van der Waals surface area contributed by atoms with Crippen LogP contribution in [0.5, 0.6) is 0 Å². The summed E-state index contributed by atoms with van der Waals surface area (Å²) in [6.07, 6.45) is 1.58. The van der Waals surface area contributed by atoms with E-state index >= 15 is 0 Å². The fourth-order valence-corrected chi connectivity index (χ4v) is 0.827. The van der Waals surface area contributed by atoms with E-state index in [1.54, 1.807) is 24.0 Å². The highest BCUT2D eigenvalue weighted by molar-refractivity contribution is 5.88. The number of nitrogens with zero attached hydrogens (tertiary/aromatic N) is 2. The first-order chi connectivity index (χ1) is 6.24. The molecule has 0 aliphatic rings. The number of carbonyl (C=O) groups excluding carboxylic acids is 1. The van der Waals surface area contributed by atoms with Crippen molar-refractivity contribution in [2.75, 3.05) is 18.5 Å². The number of aliphatic hydroxyl groups excluding tert-OH is 1. The van der Waals surface area contributed by atoms with Crippen LogP contribution in [0.3, 0.4) is 0 Å². The Morgan fingerprint density at radius 3 is 3.08 bits per heavy atom. The summed E-state index contributed by atoms with van der Waals surface area (Å²) in [4.78, 5) is 11.0. The van der Waals surface area contributed by atoms with Crippen molar-refractivity contribution in [1.82, 2.24) is 15.1 Å². The number of nitrogens with one attached hydrogen (secondary N) is 2. The van der Waals surface area contributed by atoms with Crippen LogP contribution in [0, 0.1) is 0 Å². The van der Waals surface area contributed by atoms with E-state index in [1.165, 1.54) is 0 Å². The van der Waals surface area contributed by atoms with Gasteiger partial charge in [-0.15, -0.1) is 0 Å². The lowest BCUT2D eigenvalue weighted by atomic mass is 10.6. The lowest BCUT2D eigenvalue weighted by molar-refractivity contribution is 0.244. The largest absolute Gasteiger partial charge is 0.395 e. The lowest BCUT2D eigenvalue weighted by Crippen LogP contribution is -2.31. The smallest absolute Gasteiger partial charge is 0.320 e. The summed E-state index contributed by atoms with van der Waals surface area (Å²) in [7, 11) is 1.72. The maximum atomic E-state index is 11.0. The van der Waals surface area contributed by atoms with Gasteiger partial charge in [-0.05, 0) is 0 Å². The van der Waals surface area contributed by atoms with Crippen LogP contribution in [0.25, 0.3) is 0 Å². The zero-order valence-corrected chi connectivity index (χ0v) is 7.32. The molecule has 1 heterocycles. The van der Waals surface area contributed by atoms with E-state index < -0.39 is 0 Å². The van der Waals surface area contributed by atoms with Crippen molar-refractivity contribution in [3.63, 3.8) is 0 Å². The van der Waals surface area contributed by atoms with Gasteiger partial charge in [0.1, 0.15) is 5.82 Å². The first-order valence-electron chi connectivity index (χ1n) is 3.87. The van der Waals surface area contributed by atoms with Gasteiger partial charge in [-0.1, -0.05) is 0 Å². The second-order valence-corrected chi connectivity index (χ2v) is 2.44. The monoisotopic (exact) mass is 184 g/mol. The van der Waals surface area contributed by atoms with Crippen molar-refractivity contribution in [3.05, 3.63) is 12.3 Å². The Morgan fingerprint density at radius 1 is 1.77 bits per heavy atom. The minimum absolute atomic E-state index is 0.0706. The normalized spacial score (nSPS) is 9.69. The Balaban J connectivity index is 2.41. The molecule has 0 unspecified atom stereocenters. The van der Waals surface area contributed by atoms with Crippen LogP contribution in [-0.2, 0) is 7.05 Å². The van der Waals surface area contributed by atoms with Crippen molar-refractivity contribution in [1.29, 1.82) is 0 Å². The Kier molecular flexibility index (Phi) is 3.27. The highest BCUT2D eigenvalue weighted by Gasteiger charge is 2.02. The van der Waals surface area contributed by atoms with Gasteiger partial charge < -0.3 is 10.4 Å². The van der Waals surface area contributed by atoms with Gasteiger partial charge in [0, 0.05) is 19.7 Å². The number of aryl methyl sites for hydroxylation is 1. The van der Waals surface area contributed by atoms with Crippen molar-refractivity contribution in [2.24, 2.45) is 7.05 Å². The van der Waals surface area contributed by atoms with E-state index in [9.17, 15) is 4.79 Å². The standard InChI is InChI=1S/C7H12N4O2/c1-11-6(2-3-9-11)10-7(13)8-4-5-12/h2-3,12H,4-5H2,1H3,(H2,8,10,13). The summed E-state index contributed by atoms with van der Waals surface area (Å²) in [5, 5.41) is 17.3. The van der Waals surface area contributed by atoms with Crippen LogP contribution in [0.2, 0.25) is 0 Å². The molecular weight excluding hydrogens is 172 g/mol. The van der Waals surface area contributed by atoms with E-state index in [0.29, 0.717) is 5.82 Å².